The fourth-order valence-electron chi connectivity index (χ4n) is 3.77. The third-order valence-corrected chi connectivity index (χ3v) is 5.74. The van der Waals surface area contributed by atoms with E-state index in [1.54, 1.807) is 4.90 Å². The van der Waals surface area contributed by atoms with Crippen molar-refractivity contribution in [2.24, 2.45) is 0 Å². The Morgan fingerprint density at radius 3 is 2.29 bits per heavy atom. The van der Waals surface area contributed by atoms with Crippen LogP contribution in [0.3, 0.4) is 0 Å². The van der Waals surface area contributed by atoms with Gasteiger partial charge in [-0.05, 0) is 30.3 Å². The summed E-state index contributed by atoms with van der Waals surface area (Å²) < 4.78 is 10.3. The molecule has 0 radical (unpaired) electrons. The molecule has 2 aromatic carbocycles. The van der Waals surface area contributed by atoms with Crippen LogP contribution in [0.2, 0.25) is 0 Å². The Labute approximate surface area is 204 Å². The first-order valence-electron chi connectivity index (χ1n) is 11.2. The fraction of sp³-hybridized carbons (Fsp3) is 0.360. The fourth-order valence-corrected chi connectivity index (χ4v) is 4.09. The summed E-state index contributed by atoms with van der Waals surface area (Å²) in [4.78, 5) is 39.8. The Morgan fingerprint density at radius 1 is 1.09 bits per heavy atom. The van der Waals surface area contributed by atoms with E-state index in [9.17, 15) is 14.4 Å². The highest BCUT2D eigenvalue weighted by Gasteiger charge is 2.35. The molecule has 2 N–H and O–H groups in total. The van der Waals surface area contributed by atoms with Gasteiger partial charge in [0.15, 0.2) is 5.11 Å². The second kappa shape index (κ2) is 12.8. The molecule has 1 aliphatic rings. The van der Waals surface area contributed by atoms with Gasteiger partial charge in [-0.1, -0.05) is 60.7 Å². The zero-order valence-corrected chi connectivity index (χ0v) is 19.9. The number of amides is 2. The van der Waals surface area contributed by atoms with Gasteiger partial charge in [0.25, 0.3) is 0 Å². The molecule has 0 aliphatic carbocycles. The minimum atomic E-state index is -0.868. The smallest absolute Gasteiger partial charge is 0.308 e. The van der Waals surface area contributed by atoms with E-state index in [4.69, 9.17) is 21.7 Å². The van der Waals surface area contributed by atoms with E-state index in [0.29, 0.717) is 19.7 Å². The van der Waals surface area contributed by atoms with Crippen LogP contribution < -0.4 is 10.6 Å². The number of ether oxygens (including phenoxy) is 2. The van der Waals surface area contributed by atoms with Crippen molar-refractivity contribution < 1.29 is 23.9 Å². The Kier molecular flexibility index (Phi) is 9.54. The van der Waals surface area contributed by atoms with Crippen molar-refractivity contribution in [2.45, 2.75) is 25.3 Å². The van der Waals surface area contributed by atoms with Crippen LogP contribution in [0.1, 0.15) is 30.4 Å². The number of benzene rings is 2. The van der Waals surface area contributed by atoms with Gasteiger partial charge in [0.05, 0.1) is 18.9 Å². The maximum absolute atomic E-state index is 13.4. The second-order valence-corrected chi connectivity index (χ2v) is 8.06. The number of carbonyl (C=O) groups is 3. The molecular formula is C25H29N3O5S. The number of hydrogen-bond donors (Lipinski definition) is 2. The van der Waals surface area contributed by atoms with E-state index in [-0.39, 0.29) is 36.6 Å². The van der Waals surface area contributed by atoms with E-state index in [2.05, 4.69) is 10.6 Å². The molecule has 1 fully saturated rings. The van der Waals surface area contributed by atoms with Gasteiger partial charge in [-0.25, -0.2) is 0 Å². The molecule has 1 heterocycles. The summed E-state index contributed by atoms with van der Waals surface area (Å²) in [5.41, 5.74) is 1.64. The van der Waals surface area contributed by atoms with E-state index < -0.39 is 17.9 Å². The number of piperazine rings is 1. The summed E-state index contributed by atoms with van der Waals surface area (Å²) in [5, 5.41) is 5.64. The zero-order chi connectivity index (χ0) is 24.3. The molecule has 9 heteroatoms. The van der Waals surface area contributed by atoms with Crippen LogP contribution in [-0.2, 0) is 23.9 Å². The van der Waals surface area contributed by atoms with Crippen molar-refractivity contribution >= 4 is 35.1 Å². The third kappa shape index (κ3) is 6.85. The average Bonchev–Trinajstić information content (AvgIpc) is 2.84. The molecule has 1 unspecified atom stereocenters. The molecule has 0 aromatic heterocycles. The van der Waals surface area contributed by atoms with E-state index in [1.165, 1.54) is 0 Å². The average molecular weight is 484 g/mol. The van der Waals surface area contributed by atoms with Crippen LogP contribution in [-0.4, -0.2) is 66.7 Å². The zero-order valence-electron chi connectivity index (χ0n) is 19.1. The van der Waals surface area contributed by atoms with Crippen LogP contribution in [0.25, 0.3) is 0 Å². The summed E-state index contributed by atoms with van der Waals surface area (Å²) in [6.45, 7) is 3.49. The Balaban J connectivity index is 1.71. The monoisotopic (exact) mass is 483 g/mol. The van der Waals surface area contributed by atoms with E-state index in [0.717, 1.165) is 11.1 Å². The molecule has 0 saturated carbocycles. The number of nitrogens with one attached hydrogen (secondary N) is 2. The molecule has 180 valence electrons. The summed E-state index contributed by atoms with van der Waals surface area (Å²) in [5.74, 6) is -1.77. The number of rotatable bonds is 9. The molecule has 2 amide bonds. The molecule has 2 aromatic rings. The lowest BCUT2D eigenvalue weighted by Gasteiger charge is -2.36. The van der Waals surface area contributed by atoms with Crippen molar-refractivity contribution in [3.63, 3.8) is 0 Å². The van der Waals surface area contributed by atoms with Gasteiger partial charge in [-0.2, -0.15) is 0 Å². The van der Waals surface area contributed by atoms with Gasteiger partial charge in [-0.3, -0.25) is 14.4 Å². The van der Waals surface area contributed by atoms with Crippen LogP contribution in [0.4, 0.5) is 0 Å². The third-order valence-electron chi connectivity index (χ3n) is 5.40. The van der Waals surface area contributed by atoms with Crippen molar-refractivity contribution in [3.05, 3.63) is 71.8 Å². The highest BCUT2D eigenvalue weighted by atomic mass is 32.1. The summed E-state index contributed by atoms with van der Waals surface area (Å²) in [6.07, 6.45) is -0.186. The molecule has 1 aliphatic heterocycles. The van der Waals surface area contributed by atoms with Crippen molar-refractivity contribution in [1.29, 1.82) is 0 Å². The van der Waals surface area contributed by atoms with Crippen molar-refractivity contribution in [3.8, 4) is 0 Å². The number of thiocarbonyl (C=S) groups is 1. The minimum Gasteiger partial charge on any atom is -0.463 e. The maximum atomic E-state index is 13.4. The summed E-state index contributed by atoms with van der Waals surface area (Å²) in [7, 11) is 0. The van der Waals surface area contributed by atoms with Gasteiger partial charge < -0.3 is 25.0 Å². The number of hydrogen-bond acceptors (Lipinski definition) is 6. The number of nitrogens with zero attached hydrogens (tertiary/aromatic N) is 1. The standard InChI is InChI=1S/C25H29N3O5S/c1-2-32-15-16-33-21(29)17-20-23(30)26-13-14-28(20)25(34)27-24(31)22(18-9-5-3-6-10-18)19-11-7-4-8-12-19/h3-12,20,22H,2,13-17H2,1H3,(H,26,30)(H,27,31,34). The topological polar surface area (TPSA) is 97.0 Å². The second-order valence-electron chi connectivity index (χ2n) is 7.67. The lowest BCUT2D eigenvalue weighted by Crippen LogP contribution is -2.60. The van der Waals surface area contributed by atoms with Crippen LogP contribution >= 0.6 is 12.2 Å². The Bertz CT molecular complexity index is 947. The quantitative estimate of drug-likeness (QED) is 0.320. The first-order valence-corrected chi connectivity index (χ1v) is 11.6. The first-order chi connectivity index (χ1) is 16.5. The Hall–Kier alpha value is -3.30. The van der Waals surface area contributed by atoms with Gasteiger partial charge >= 0.3 is 5.97 Å². The highest BCUT2D eigenvalue weighted by Crippen LogP contribution is 2.25. The maximum Gasteiger partial charge on any atom is 0.308 e. The van der Waals surface area contributed by atoms with Crippen LogP contribution in [0, 0.1) is 0 Å². The summed E-state index contributed by atoms with van der Waals surface area (Å²) >= 11 is 5.52. The highest BCUT2D eigenvalue weighted by molar-refractivity contribution is 7.80. The number of carbonyl (C=O) groups excluding carboxylic acids is 3. The minimum absolute atomic E-state index is 0.101. The Morgan fingerprint density at radius 2 is 1.71 bits per heavy atom. The molecule has 0 bridgehead atoms. The van der Waals surface area contributed by atoms with Crippen LogP contribution in [0.5, 0.6) is 0 Å². The largest absolute Gasteiger partial charge is 0.463 e. The lowest BCUT2D eigenvalue weighted by molar-refractivity contribution is -0.148. The predicted octanol–water partition coefficient (Wildman–Crippen LogP) is 1.99. The van der Waals surface area contributed by atoms with Gasteiger partial charge in [0, 0.05) is 19.7 Å². The number of esters is 1. The molecular weight excluding hydrogens is 454 g/mol. The predicted molar refractivity (Wildman–Crippen MR) is 131 cm³/mol. The molecule has 3 rings (SSSR count). The molecule has 1 atom stereocenters. The van der Waals surface area contributed by atoms with Gasteiger partial charge in [0.1, 0.15) is 12.6 Å². The van der Waals surface area contributed by atoms with Crippen molar-refractivity contribution in [1.82, 2.24) is 15.5 Å². The normalized spacial score (nSPS) is 15.5. The lowest BCUT2D eigenvalue weighted by atomic mass is 9.90. The van der Waals surface area contributed by atoms with Crippen molar-refractivity contribution in [2.75, 3.05) is 32.9 Å². The van der Waals surface area contributed by atoms with Crippen LogP contribution in [0.15, 0.2) is 60.7 Å². The SMILES string of the molecule is CCOCCOC(=O)CC1C(=O)NCCN1C(=S)NC(=O)C(c1ccccc1)c1ccccc1. The molecule has 8 nitrogen and oxygen atoms in total. The van der Waals surface area contributed by atoms with E-state index in [1.807, 2.05) is 67.6 Å². The van der Waals surface area contributed by atoms with E-state index >= 15 is 0 Å². The molecule has 0 spiro atoms. The van der Waals surface area contributed by atoms with Gasteiger partial charge in [-0.15, -0.1) is 0 Å². The first kappa shape index (κ1) is 25.3. The molecule has 1 saturated heterocycles. The summed E-state index contributed by atoms with van der Waals surface area (Å²) in [6, 6.07) is 17.9. The molecule has 34 heavy (non-hydrogen) atoms. The van der Waals surface area contributed by atoms with Gasteiger partial charge in [0.2, 0.25) is 11.8 Å².